The van der Waals surface area contributed by atoms with Gasteiger partial charge in [-0.2, -0.15) is 0 Å². The fraction of sp³-hybridized carbons (Fsp3) is 0.333. The van der Waals surface area contributed by atoms with Crippen molar-refractivity contribution in [1.82, 2.24) is 10.3 Å². The summed E-state index contributed by atoms with van der Waals surface area (Å²) in [6, 6.07) is 5.49. The van der Waals surface area contributed by atoms with Crippen molar-refractivity contribution in [3.8, 4) is 11.5 Å². The molecule has 3 rings (SSSR count). The van der Waals surface area contributed by atoms with Crippen molar-refractivity contribution in [2.24, 2.45) is 0 Å². The minimum atomic E-state index is -0.655. The highest BCUT2D eigenvalue weighted by Crippen LogP contribution is 2.39. The maximum atomic E-state index is 10.2. The normalized spacial score (nSPS) is 15.0. The number of rotatable bonds is 5. The molecule has 2 heterocycles. The van der Waals surface area contributed by atoms with Crippen LogP contribution in [0.3, 0.4) is 0 Å². The summed E-state index contributed by atoms with van der Waals surface area (Å²) in [6.07, 6.45) is 3.13. The van der Waals surface area contributed by atoms with E-state index in [1.807, 2.05) is 18.5 Å². The molecule has 0 fully saturated rings. The molecule has 1 aliphatic rings. The molecule has 1 aromatic carbocycles. The predicted octanol–water partition coefficient (Wildman–Crippen LogP) is 2.26. The average molecular weight is 309 g/mol. The molecule has 1 aliphatic heterocycles. The molecule has 1 aromatic heterocycles. The summed E-state index contributed by atoms with van der Waals surface area (Å²) in [5.41, 5.74) is 1.85. The van der Waals surface area contributed by atoms with E-state index in [1.165, 1.54) is 0 Å². The van der Waals surface area contributed by atoms with E-state index in [4.69, 9.17) is 21.1 Å². The number of halogens is 1. The monoisotopic (exact) mass is 308 g/mol. The highest BCUT2D eigenvalue weighted by atomic mass is 35.5. The molecule has 112 valence electrons. The molecule has 0 aliphatic carbocycles. The lowest BCUT2D eigenvalue weighted by atomic mass is 10.1. The van der Waals surface area contributed by atoms with Crippen LogP contribution < -0.4 is 14.8 Å². The van der Waals surface area contributed by atoms with E-state index in [1.54, 1.807) is 12.1 Å². The summed E-state index contributed by atoms with van der Waals surface area (Å²) in [6.45, 7) is 2.11. The van der Waals surface area contributed by atoms with E-state index >= 15 is 0 Å². The van der Waals surface area contributed by atoms with Gasteiger partial charge in [0.05, 0.1) is 11.1 Å². The molecule has 2 aromatic rings. The second-order valence-electron chi connectivity index (χ2n) is 4.89. The topological polar surface area (TPSA) is 66.5 Å². The van der Waals surface area contributed by atoms with Crippen molar-refractivity contribution >= 4 is 11.6 Å². The van der Waals surface area contributed by atoms with Gasteiger partial charge in [-0.05, 0) is 29.3 Å². The van der Waals surface area contributed by atoms with Crippen LogP contribution in [0, 0.1) is 0 Å². The minimum absolute atomic E-state index is 0.432. The van der Waals surface area contributed by atoms with Crippen LogP contribution in [0.2, 0.25) is 5.02 Å². The predicted molar refractivity (Wildman–Crippen MR) is 79.9 cm³/mol. The third-order valence-electron chi connectivity index (χ3n) is 3.33. The van der Waals surface area contributed by atoms with Gasteiger partial charge in [-0.1, -0.05) is 11.6 Å². The number of nitrogens with one attached hydrogen (secondary N) is 2. The minimum Gasteiger partial charge on any atom is -0.486 e. The Bertz CT molecular complexity index is 601. The Hall–Kier alpha value is -1.69. The molecular formula is C15H17ClN2O3. The van der Waals surface area contributed by atoms with Crippen LogP contribution >= 0.6 is 11.6 Å². The Balaban J connectivity index is 1.64. The van der Waals surface area contributed by atoms with Gasteiger partial charge in [-0.25, -0.2) is 0 Å². The second-order valence-corrected chi connectivity index (χ2v) is 5.30. The molecule has 0 saturated heterocycles. The van der Waals surface area contributed by atoms with Crippen LogP contribution in [0.5, 0.6) is 11.5 Å². The van der Waals surface area contributed by atoms with E-state index < -0.39 is 6.10 Å². The Morgan fingerprint density at radius 1 is 1.33 bits per heavy atom. The molecule has 3 N–H and O–H groups in total. The number of hydrogen-bond donors (Lipinski definition) is 3. The van der Waals surface area contributed by atoms with Crippen molar-refractivity contribution in [2.45, 2.75) is 12.6 Å². The van der Waals surface area contributed by atoms with Crippen molar-refractivity contribution in [3.05, 3.63) is 46.7 Å². The second kappa shape index (κ2) is 6.39. The standard InChI is InChI=1S/C15H17ClN2O3/c16-12-5-11(6-14-15(12)21-4-3-20-14)13(19)9-18-8-10-1-2-17-7-10/h1-2,5-7,13,17-19H,3-4,8-9H2. The van der Waals surface area contributed by atoms with Crippen LogP contribution in [-0.4, -0.2) is 29.8 Å². The van der Waals surface area contributed by atoms with Gasteiger partial charge in [0.2, 0.25) is 0 Å². The summed E-state index contributed by atoms with van der Waals surface area (Å²) >= 11 is 6.17. The largest absolute Gasteiger partial charge is 0.486 e. The first-order valence-corrected chi connectivity index (χ1v) is 7.21. The smallest absolute Gasteiger partial charge is 0.179 e. The van der Waals surface area contributed by atoms with E-state index in [9.17, 15) is 5.11 Å². The molecule has 21 heavy (non-hydrogen) atoms. The molecule has 0 bridgehead atoms. The molecule has 5 nitrogen and oxygen atoms in total. The number of aromatic amines is 1. The van der Waals surface area contributed by atoms with Crippen LogP contribution in [-0.2, 0) is 6.54 Å². The van der Waals surface area contributed by atoms with Crippen LogP contribution in [0.15, 0.2) is 30.6 Å². The number of benzene rings is 1. The first-order chi connectivity index (χ1) is 10.2. The summed E-state index contributed by atoms with van der Waals surface area (Å²) in [5, 5.41) is 13.9. The fourth-order valence-corrected chi connectivity index (χ4v) is 2.54. The van der Waals surface area contributed by atoms with Crippen molar-refractivity contribution < 1.29 is 14.6 Å². The molecule has 1 unspecified atom stereocenters. The zero-order chi connectivity index (χ0) is 14.7. The molecule has 0 amide bonds. The molecule has 0 spiro atoms. The molecule has 0 saturated carbocycles. The van der Waals surface area contributed by atoms with Crippen LogP contribution in [0.4, 0.5) is 0 Å². The number of H-pyrrole nitrogens is 1. The zero-order valence-corrected chi connectivity index (χ0v) is 12.2. The summed E-state index contributed by atoms with van der Waals surface area (Å²) in [7, 11) is 0. The first kappa shape index (κ1) is 14.3. The molecule has 6 heteroatoms. The van der Waals surface area contributed by atoms with E-state index in [2.05, 4.69) is 10.3 Å². The number of aliphatic hydroxyl groups excluding tert-OH is 1. The van der Waals surface area contributed by atoms with Gasteiger partial charge < -0.3 is 24.9 Å². The summed E-state index contributed by atoms with van der Waals surface area (Å²) < 4.78 is 11.0. The van der Waals surface area contributed by atoms with Crippen LogP contribution in [0.1, 0.15) is 17.2 Å². The average Bonchev–Trinajstić information content (AvgIpc) is 3.00. The fourth-order valence-electron chi connectivity index (χ4n) is 2.26. The Kier molecular flexibility index (Phi) is 4.34. The maximum absolute atomic E-state index is 10.2. The Labute approximate surface area is 127 Å². The van der Waals surface area contributed by atoms with E-state index in [0.717, 1.165) is 5.56 Å². The third kappa shape index (κ3) is 3.32. The number of hydrogen-bond acceptors (Lipinski definition) is 4. The number of fused-ring (bicyclic) bond motifs is 1. The number of aromatic nitrogens is 1. The molecular weight excluding hydrogens is 292 g/mol. The van der Waals surface area contributed by atoms with Gasteiger partial charge in [0.25, 0.3) is 0 Å². The highest BCUT2D eigenvalue weighted by molar-refractivity contribution is 6.32. The van der Waals surface area contributed by atoms with Gasteiger partial charge >= 0.3 is 0 Å². The van der Waals surface area contributed by atoms with Crippen molar-refractivity contribution in [3.63, 3.8) is 0 Å². The van der Waals surface area contributed by atoms with Crippen molar-refractivity contribution in [1.29, 1.82) is 0 Å². The lowest BCUT2D eigenvalue weighted by Crippen LogP contribution is -2.21. The van der Waals surface area contributed by atoms with E-state index in [-0.39, 0.29) is 0 Å². The van der Waals surface area contributed by atoms with E-state index in [0.29, 0.717) is 48.4 Å². The lowest BCUT2D eigenvalue weighted by molar-refractivity contribution is 0.163. The Morgan fingerprint density at radius 2 is 2.19 bits per heavy atom. The number of aliphatic hydroxyl groups is 1. The van der Waals surface area contributed by atoms with Gasteiger partial charge in [-0.3, -0.25) is 0 Å². The number of ether oxygens (including phenoxy) is 2. The van der Waals surface area contributed by atoms with Gasteiger partial charge in [0, 0.05) is 25.5 Å². The van der Waals surface area contributed by atoms with Gasteiger partial charge in [0.1, 0.15) is 13.2 Å². The molecule has 1 atom stereocenters. The van der Waals surface area contributed by atoms with Crippen LogP contribution in [0.25, 0.3) is 0 Å². The summed E-state index contributed by atoms with van der Waals surface area (Å²) in [4.78, 5) is 2.99. The first-order valence-electron chi connectivity index (χ1n) is 6.83. The zero-order valence-electron chi connectivity index (χ0n) is 11.4. The summed E-state index contributed by atoms with van der Waals surface area (Å²) in [5.74, 6) is 1.15. The molecule has 0 radical (unpaired) electrons. The van der Waals surface area contributed by atoms with Gasteiger partial charge in [-0.15, -0.1) is 0 Å². The van der Waals surface area contributed by atoms with Crippen molar-refractivity contribution in [2.75, 3.05) is 19.8 Å². The highest BCUT2D eigenvalue weighted by Gasteiger charge is 2.19. The SMILES string of the molecule is OC(CNCc1cc[nH]c1)c1cc(Cl)c2c(c1)OCCO2. The van der Waals surface area contributed by atoms with Gasteiger partial charge in [0.15, 0.2) is 11.5 Å². The Morgan fingerprint density at radius 3 is 3.00 bits per heavy atom. The maximum Gasteiger partial charge on any atom is 0.179 e. The quantitative estimate of drug-likeness (QED) is 0.792. The third-order valence-corrected chi connectivity index (χ3v) is 3.61. The lowest BCUT2D eigenvalue weighted by Gasteiger charge is -2.21.